The van der Waals surface area contributed by atoms with Crippen molar-refractivity contribution in [2.24, 2.45) is 0 Å². The van der Waals surface area contributed by atoms with Crippen molar-refractivity contribution >= 4 is 17.0 Å². The number of ether oxygens (including phenoxy) is 3. The van der Waals surface area contributed by atoms with E-state index in [9.17, 15) is 4.79 Å². The van der Waals surface area contributed by atoms with Crippen LogP contribution in [0.15, 0.2) is 72.8 Å². The standard InChI is InChI=1S/C29H32N2O4/c1-3-34-28(32)15-5-4-10-20-35-27-14-9-6-11-23(27)21-31-26-13-8-7-12-25(26)30-29(31)22-16-18-24(33-2)19-17-22/h6-9,11-14,16-19H,3-5,10,15,20-21H2,1-2H3. The SMILES string of the molecule is CCOC(=O)CCCCCOc1ccccc1Cn1c(-c2ccc(OC)cc2)nc2ccccc21. The Bertz CT molecular complexity index is 1250. The third kappa shape index (κ3) is 6.21. The summed E-state index contributed by atoms with van der Waals surface area (Å²) in [6.45, 7) is 3.51. The molecule has 1 aromatic heterocycles. The third-order valence-corrected chi connectivity index (χ3v) is 5.89. The van der Waals surface area contributed by atoms with Crippen LogP contribution in [0.5, 0.6) is 11.5 Å². The van der Waals surface area contributed by atoms with Crippen molar-refractivity contribution in [3.05, 3.63) is 78.4 Å². The number of nitrogens with zero attached hydrogens (tertiary/aromatic N) is 2. The van der Waals surface area contributed by atoms with Crippen LogP contribution in [0, 0.1) is 0 Å². The van der Waals surface area contributed by atoms with E-state index in [1.54, 1.807) is 7.11 Å². The number of carbonyl (C=O) groups is 1. The third-order valence-electron chi connectivity index (χ3n) is 5.89. The van der Waals surface area contributed by atoms with Gasteiger partial charge in [0.25, 0.3) is 0 Å². The molecule has 0 aliphatic carbocycles. The molecule has 0 aliphatic heterocycles. The second kappa shape index (κ2) is 12.1. The minimum absolute atomic E-state index is 0.126. The van der Waals surface area contributed by atoms with Crippen LogP contribution < -0.4 is 9.47 Å². The van der Waals surface area contributed by atoms with Crippen LogP contribution in [0.3, 0.4) is 0 Å². The molecule has 0 atom stereocenters. The Morgan fingerprint density at radius 1 is 0.914 bits per heavy atom. The molecule has 6 nitrogen and oxygen atoms in total. The highest BCUT2D eigenvalue weighted by Crippen LogP contribution is 2.29. The molecule has 0 fully saturated rings. The lowest BCUT2D eigenvalue weighted by molar-refractivity contribution is -0.143. The summed E-state index contributed by atoms with van der Waals surface area (Å²) in [6, 6.07) is 24.3. The first-order chi connectivity index (χ1) is 17.2. The molecule has 4 rings (SSSR count). The predicted molar refractivity (Wildman–Crippen MR) is 138 cm³/mol. The quantitative estimate of drug-likeness (QED) is 0.180. The Kier molecular flexibility index (Phi) is 8.39. The lowest BCUT2D eigenvalue weighted by atomic mass is 10.1. The fourth-order valence-corrected chi connectivity index (χ4v) is 4.11. The molecule has 35 heavy (non-hydrogen) atoms. The Morgan fingerprint density at radius 2 is 1.69 bits per heavy atom. The number of esters is 1. The number of methoxy groups -OCH3 is 1. The lowest BCUT2D eigenvalue weighted by Gasteiger charge is -2.14. The van der Waals surface area contributed by atoms with Gasteiger partial charge in [0.05, 0.1) is 37.9 Å². The van der Waals surface area contributed by atoms with Gasteiger partial charge in [-0.15, -0.1) is 0 Å². The van der Waals surface area contributed by atoms with E-state index >= 15 is 0 Å². The minimum atomic E-state index is -0.126. The van der Waals surface area contributed by atoms with E-state index < -0.39 is 0 Å². The summed E-state index contributed by atoms with van der Waals surface area (Å²) in [5, 5.41) is 0. The average Bonchev–Trinajstić information content (AvgIpc) is 3.25. The van der Waals surface area contributed by atoms with Crippen molar-refractivity contribution in [2.45, 2.75) is 39.2 Å². The number of hydrogen-bond donors (Lipinski definition) is 0. The number of rotatable bonds is 12. The first-order valence-corrected chi connectivity index (χ1v) is 12.2. The van der Waals surface area contributed by atoms with Crippen LogP contribution in [-0.2, 0) is 16.1 Å². The van der Waals surface area contributed by atoms with Gasteiger partial charge in [-0.1, -0.05) is 30.3 Å². The summed E-state index contributed by atoms with van der Waals surface area (Å²) in [7, 11) is 1.67. The first kappa shape index (κ1) is 24.3. The number of hydrogen-bond acceptors (Lipinski definition) is 5. The zero-order valence-corrected chi connectivity index (χ0v) is 20.4. The van der Waals surface area contributed by atoms with E-state index in [-0.39, 0.29) is 5.97 Å². The summed E-state index contributed by atoms with van der Waals surface area (Å²) < 4.78 is 18.7. The maximum atomic E-state index is 11.5. The highest BCUT2D eigenvalue weighted by Gasteiger charge is 2.15. The van der Waals surface area contributed by atoms with E-state index in [4.69, 9.17) is 19.2 Å². The van der Waals surface area contributed by atoms with Gasteiger partial charge in [0, 0.05) is 17.5 Å². The van der Waals surface area contributed by atoms with Gasteiger partial charge in [0.1, 0.15) is 17.3 Å². The number of carbonyl (C=O) groups excluding carboxylic acids is 1. The number of aromatic nitrogens is 2. The molecule has 0 spiro atoms. The fraction of sp³-hybridized carbons (Fsp3) is 0.310. The highest BCUT2D eigenvalue weighted by molar-refractivity contribution is 5.81. The van der Waals surface area contributed by atoms with Gasteiger partial charge >= 0.3 is 5.97 Å². The molecule has 0 bridgehead atoms. The molecule has 3 aromatic carbocycles. The lowest BCUT2D eigenvalue weighted by Crippen LogP contribution is -2.06. The Hall–Kier alpha value is -3.80. The number of para-hydroxylation sites is 3. The summed E-state index contributed by atoms with van der Waals surface area (Å²) in [6.07, 6.45) is 3.09. The number of imidazole rings is 1. The average molecular weight is 473 g/mol. The van der Waals surface area contributed by atoms with Crippen LogP contribution >= 0.6 is 0 Å². The fourth-order valence-electron chi connectivity index (χ4n) is 4.11. The zero-order chi connectivity index (χ0) is 24.5. The maximum Gasteiger partial charge on any atom is 0.305 e. The molecule has 0 aliphatic rings. The maximum absolute atomic E-state index is 11.5. The molecule has 0 saturated carbocycles. The zero-order valence-electron chi connectivity index (χ0n) is 20.4. The van der Waals surface area contributed by atoms with Crippen molar-refractivity contribution in [1.82, 2.24) is 9.55 Å². The van der Waals surface area contributed by atoms with E-state index in [0.717, 1.165) is 58.7 Å². The van der Waals surface area contributed by atoms with E-state index in [2.05, 4.69) is 16.7 Å². The summed E-state index contributed by atoms with van der Waals surface area (Å²) in [5.41, 5.74) is 4.16. The molecular formula is C29H32N2O4. The molecule has 4 aromatic rings. The number of fused-ring (bicyclic) bond motifs is 1. The second-order valence-electron chi connectivity index (χ2n) is 8.31. The molecule has 0 amide bonds. The van der Waals surface area contributed by atoms with E-state index in [1.165, 1.54) is 0 Å². The van der Waals surface area contributed by atoms with Crippen molar-refractivity contribution in [3.63, 3.8) is 0 Å². The molecule has 0 unspecified atom stereocenters. The van der Waals surface area contributed by atoms with E-state index in [1.807, 2.05) is 67.6 Å². The Labute approximate surface area is 206 Å². The molecule has 0 radical (unpaired) electrons. The highest BCUT2D eigenvalue weighted by atomic mass is 16.5. The molecule has 0 N–H and O–H groups in total. The van der Waals surface area contributed by atoms with Crippen molar-refractivity contribution < 1.29 is 19.0 Å². The monoisotopic (exact) mass is 472 g/mol. The van der Waals surface area contributed by atoms with Crippen LogP contribution in [0.4, 0.5) is 0 Å². The molecule has 0 saturated heterocycles. The van der Waals surface area contributed by atoms with Crippen molar-refractivity contribution in [3.8, 4) is 22.9 Å². The second-order valence-corrected chi connectivity index (χ2v) is 8.31. The van der Waals surface area contributed by atoms with Gasteiger partial charge in [-0.2, -0.15) is 0 Å². The van der Waals surface area contributed by atoms with Gasteiger partial charge in [0.2, 0.25) is 0 Å². The van der Waals surface area contributed by atoms with Crippen LogP contribution in [-0.4, -0.2) is 35.8 Å². The predicted octanol–water partition coefficient (Wildman–Crippen LogP) is 6.26. The smallest absolute Gasteiger partial charge is 0.305 e. The van der Waals surface area contributed by atoms with Gasteiger partial charge in [-0.25, -0.2) is 4.98 Å². The minimum Gasteiger partial charge on any atom is -0.497 e. The summed E-state index contributed by atoms with van der Waals surface area (Å²) in [4.78, 5) is 16.4. The normalized spacial score (nSPS) is 10.9. The van der Waals surface area contributed by atoms with Crippen LogP contribution in [0.2, 0.25) is 0 Å². The van der Waals surface area contributed by atoms with Crippen molar-refractivity contribution in [1.29, 1.82) is 0 Å². The van der Waals surface area contributed by atoms with Crippen LogP contribution in [0.1, 0.15) is 38.2 Å². The number of benzene rings is 3. The van der Waals surface area contributed by atoms with Crippen molar-refractivity contribution in [2.75, 3.05) is 20.3 Å². The Morgan fingerprint density at radius 3 is 2.49 bits per heavy atom. The largest absolute Gasteiger partial charge is 0.497 e. The molecule has 6 heteroatoms. The summed E-state index contributed by atoms with van der Waals surface area (Å²) in [5.74, 6) is 2.47. The van der Waals surface area contributed by atoms with Gasteiger partial charge in [0.15, 0.2) is 0 Å². The van der Waals surface area contributed by atoms with Crippen LogP contribution in [0.25, 0.3) is 22.4 Å². The van der Waals surface area contributed by atoms with Gasteiger partial charge in [-0.05, 0) is 68.7 Å². The summed E-state index contributed by atoms with van der Waals surface area (Å²) >= 11 is 0. The molecule has 182 valence electrons. The van der Waals surface area contributed by atoms with Gasteiger partial charge in [-0.3, -0.25) is 4.79 Å². The Balaban J connectivity index is 1.49. The van der Waals surface area contributed by atoms with Gasteiger partial charge < -0.3 is 18.8 Å². The topological polar surface area (TPSA) is 62.6 Å². The first-order valence-electron chi connectivity index (χ1n) is 12.2. The molecular weight excluding hydrogens is 440 g/mol. The number of unbranched alkanes of at least 4 members (excludes halogenated alkanes) is 2. The van der Waals surface area contributed by atoms with E-state index in [0.29, 0.717) is 26.2 Å². The molecule has 1 heterocycles.